The summed E-state index contributed by atoms with van der Waals surface area (Å²) in [6.45, 7) is 7.92. The molecule has 9 heteroatoms. The van der Waals surface area contributed by atoms with Crippen LogP contribution in [-0.2, 0) is 6.54 Å². The first-order chi connectivity index (χ1) is 16.8. The molecule has 0 atom stereocenters. The standard InChI is InChI=1S/C19H23ClN6O.C7H7Cl/c1-14(13-26-21-9-10-22-26)23-24-15(2)16-7-11-25(12-8-16)19(27)17-3-5-18(20)6-4-17;1-6-2-4-7(8)5-3-6/h3-6,9-10,16H,7-8,11-13H2,1-2H3;2-5H,1H3/b23-14+,24-15+;. The van der Waals surface area contributed by atoms with Crippen molar-refractivity contribution >= 4 is 40.5 Å². The van der Waals surface area contributed by atoms with Gasteiger partial charge in [-0.05, 0) is 70.0 Å². The highest BCUT2D eigenvalue weighted by molar-refractivity contribution is 6.30. The lowest BCUT2D eigenvalue weighted by Gasteiger charge is -2.31. The summed E-state index contributed by atoms with van der Waals surface area (Å²) in [5, 5.41) is 18.2. The van der Waals surface area contributed by atoms with Crippen molar-refractivity contribution in [1.29, 1.82) is 0 Å². The van der Waals surface area contributed by atoms with Gasteiger partial charge >= 0.3 is 0 Å². The van der Waals surface area contributed by atoms with Gasteiger partial charge in [0.25, 0.3) is 5.91 Å². The van der Waals surface area contributed by atoms with Gasteiger partial charge in [0.1, 0.15) is 6.54 Å². The minimum Gasteiger partial charge on any atom is -0.339 e. The van der Waals surface area contributed by atoms with Gasteiger partial charge in [-0.3, -0.25) is 4.79 Å². The molecule has 1 aliphatic rings. The molecule has 0 aliphatic carbocycles. The van der Waals surface area contributed by atoms with Gasteiger partial charge in [0, 0.05) is 40.3 Å². The Balaban J connectivity index is 0.000000363. The lowest BCUT2D eigenvalue weighted by Crippen LogP contribution is -2.39. The minimum atomic E-state index is 0.0558. The molecule has 0 N–H and O–H groups in total. The molecule has 0 unspecified atom stereocenters. The smallest absolute Gasteiger partial charge is 0.253 e. The van der Waals surface area contributed by atoms with Crippen LogP contribution < -0.4 is 0 Å². The lowest BCUT2D eigenvalue weighted by molar-refractivity contribution is 0.0710. The van der Waals surface area contributed by atoms with Crippen LogP contribution in [-0.4, -0.2) is 50.3 Å². The van der Waals surface area contributed by atoms with Crippen LogP contribution >= 0.6 is 23.2 Å². The van der Waals surface area contributed by atoms with Crippen LogP contribution in [0.2, 0.25) is 10.0 Å². The number of likely N-dealkylation sites (tertiary alicyclic amines) is 1. The Morgan fingerprint density at radius 3 is 2.00 bits per heavy atom. The Bertz CT molecular complexity index is 1110. The largest absolute Gasteiger partial charge is 0.339 e. The number of halogens is 2. The normalized spacial score (nSPS) is 14.9. The Hall–Kier alpha value is -3.03. The molecule has 0 saturated carbocycles. The van der Waals surface area contributed by atoms with Gasteiger partial charge in [0.2, 0.25) is 0 Å². The van der Waals surface area contributed by atoms with Gasteiger partial charge in [-0.1, -0.05) is 40.9 Å². The summed E-state index contributed by atoms with van der Waals surface area (Å²) >= 11 is 11.5. The number of piperidine rings is 1. The van der Waals surface area contributed by atoms with Crippen LogP contribution in [0.15, 0.2) is 71.1 Å². The summed E-state index contributed by atoms with van der Waals surface area (Å²) in [5.74, 6) is 0.402. The van der Waals surface area contributed by atoms with E-state index in [1.54, 1.807) is 41.5 Å². The maximum Gasteiger partial charge on any atom is 0.253 e. The monoisotopic (exact) mass is 512 g/mol. The number of nitrogens with zero attached hydrogens (tertiary/aromatic N) is 6. The first-order valence-corrected chi connectivity index (χ1v) is 12.3. The van der Waals surface area contributed by atoms with Crippen LogP contribution in [0.1, 0.15) is 42.6 Å². The van der Waals surface area contributed by atoms with Crippen LogP contribution in [0.4, 0.5) is 0 Å². The number of hydrogen-bond acceptors (Lipinski definition) is 5. The number of carbonyl (C=O) groups is 1. The van der Waals surface area contributed by atoms with Crippen LogP contribution in [0.25, 0.3) is 0 Å². The average Bonchev–Trinajstić information content (AvgIpc) is 3.38. The van der Waals surface area contributed by atoms with E-state index in [4.69, 9.17) is 23.2 Å². The Labute approximate surface area is 216 Å². The fraction of sp³-hybridized carbons (Fsp3) is 0.346. The first kappa shape index (κ1) is 26.6. The molecule has 1 aliphatic heterocycles. The highest BCUT2D eigenvalue weighted by Crippen LogP contribution is 2.21. The van der Waals surface area contributed by atoms with Crippen LogP contribution in [0, 0.1) is 12.8 Å². The van der Waals surface area contributed by atoms with Crippen molar-refractivity contribution in [3.8, 4) is 0 Å². The molecule has 3 aromatic rings. The molecule has 2 heterocycles. The number of rotatable bonds is 5. The van der Waals surface area contributed by atoms with E-state index in [0.29, 0.717) is 23.0 Å². The van der Waals surface area contributed by atoms with E-state index in [9.17, 15) is 4.79 Å². The maximum absolute atomic E-state index is 12.6. The number of carbonyl (C=O) groups excluding carboxylic acids is 1. The van der Waals surface area contributed by atoms with Gasteiger partial charge in [0.15, 0.2) is 0 Å². The molecule has 7 nitrogen and oxygen atoms in total. The van der Waals surface area contributed by atoms with Crippen molar-refractivity contribution in [1.82, 2.24) is 19.9 Å². The number of aryl methyl sites for hydroxylation is 1. The van der Waals surface area contributed by atoms with E-state index in [1.165, 1.54) is 5.56 Å². The third-order valence-corrected chi connectivity index (χ3v) is 6.19. The fourth-order valence-electron chi connectivity index (χ4n) is 3.62. The molecule has 0 radical (unpaired) electrons. The molecular formula is C26H30Cl2N6O. The number of amides is 1. The quantitative estimate of drug-likeness (QED) is 0.312. The van der Waals surface area contributed by atoms with Gasteiger partial charge < -0.3 is 4.90 Å². The van der Waals surface area contributed by atoms with E-state index in [1.807, 2.05) is 49.9 Å². The Morgan fingerprint density at radius 2 is 1.46 bits per heavy atom. The molecule has 1 saturated heterocycles. The predicted molar refractivity (Wildman–Crippen MR) is 143 cm³/mol. The summed E-state index contributed by atoms with van der Waals surface area (Å²) in [6.07, 6.45) is 5.07. The molecule has 2 aromatic carbocycles. The van der Waals surface area contributed by atoms with Gasteiger partial charge in [-0.15, -0.1) is 0 Å². The average molecular weight is 513 g/mol. The van der Waals surface area contributed by atoms with Crippen molar-refractivity contribution < 1.29 is 4.79 Å². The van der Waals surface area contributed by atoms with E-state index in [2.05, 4.69) is 20.4 Å². The zero-order valence-electron chi connectivity index (χ0n) is 20.2. The Morgan fingerprint density at radius 1 is 0.914 bits per heavy atom. The van der Waals surface area contributed by atoms with E-state index in [-0.39, 0.29) is 5.91 Å². The van der Waals surface area contributed by atoms with Crippen LogP contribution in [0.5, 0.6) is 0 Å². The summed E-state index contributed by atoms with van der Waals surface area (Å²) < 4.78 is 0. The second-order valence-corrected chi connectivity index (χ2v) is 9.38. The second-order valence-electron chi connectivity index (χ2n) is 8.51. The van der Waals surface area contributed by atoms with Gasteiger partial charge in [-0.2, -0.15) is 25.2 Å². The van der Waals surface area contributed by atoms with Crippen molar-refractivity contribution in [2.45, 2.75) is 40.2 Å². The third-order valence-electron chi connectivity index (χ3n) is 5.69. The lowest BCUT2D eigenvalue weighted by atomic mass is 9.92. The molecule has 0 bridgehead atoms. The first-order valence-electron chi connectivity index (χ1n) is 11.5. The molecule has 1 fully saturated rings. The molecule has 4 rings (SSSR count). The topological polar surface area (TPSA) is 75.7 Å². The van der Waals surface area contributed by atoms with E-state index in [0.717, 1.165) is 42.4 Å². The SMILES string of the molecule is C/C(Cn1nccn1)=N\N=C(/C)C1CCN(C(=O)c2ccc(Cl)cc2)CC1.Cc1ccc(Cl)cc1. The fourth-order valence-corrected chi connectivity index (χ4v) is 3.87. The van der Waals surface area contributed by atoms with Gasteiger partial charge in [-0.25, -0.2) is 0 Å². The van der Waals surface area contributed by atoms with Gasteiger partial charge in [0.05, 0.1) is 18.1 Å². The summed E-state index contributed by atoms with van der Waals surface area (Å²) in [6, 6.07) is 14.8. The summed E-state index contributed by atoms with van der Waals surface area (Å²) in [5.41, 5.74) is 3.77. The minimum absolute atomic E-state index is 0.0558. The summed E-state index contributed by atoms with van der Waals surface area (Å²) in [7, 11) is 0. The van der Waals surface area contributed by atoms with Crippen molar-refractivity contribution in [2.75, 3.05) is 13.1 Å². The molecule has 1 amide bonds. The number of aromatic nitrogens is 3. The maximum atomic E-state index is 12.6. The van der Waals surface area contributed by atoms with Crippen molar-refractivity contribution in [2.24, 2.45) is 16.1 Å². The molecule has 35 heavy (non-hydrogen) atoms. The number of hydrogen-bond donors (Lipinski definition) is 0. The van der Waals surface area contributed by atoms with Crippen molar-refractivity contribution in [3.63, 3.8) is 0 Å². The molecule has 184 valence electrons. The molecule has 1 aromatic heterocycles. The Kier molecular flexibility index (Phi) is 9.99. The highest BCUT2D eigenvalue weighted by atomic mass is 35.5. The zero-order chi connectivity index (χ0) is 25.2. The third kappa shape index (κ3) is 8.60. The highest BCUT2D eigenvalue weighted by Gasteiger charge is 2.25. The predicted octanol–water partition coefficient (Wildman–Crippen LogP) is 5.97. The second kappa shape index (κ2) is 13.2. The molecule has 0 spiro atoms. The van der Waals surface area contributed by atoms with E-state index >= 15 is 0 Å². The number of benzene rings is 2. The molecular weight excluding hydrogens is 483 g/mol. The van der Waals surface area contributed by atoms with Crippen molar-refractivity contribution in [3.05, 3.63) is 82.1 Å². The summed E-state index contributed by atoms with van der Waals surface area (Å²) in [4.78, 5) is 16.0. The van der Waals surface area contributed by atoms with Crippen LogP contribution in [0.3, 0.4) is 0 Å². The van der Waals surface area contributed by atoms with E-state index < -0.39 is 0 Å². The zero-order valence-corrected chi connectivity index (χ0v) is 21.7.